The highest BCUT2D eigenvalue weighted by atomic mass is 35.5. The molecule has 0 aromatic heterocycles. The summed E-state index contributed by atoms with van der Waals surface area (Å²) < 4.78 is 19.5. The topological polar surface area (TPSA) is 95.9 Å². The molecule has 0 atom stereocenters. The zero-order valence-corrected chi connectivity index (χ0v) is 15.9. The number of hydrogen-bond donors (Lipinski definition) is 3. The summed E-state index contributed by atoms with van der Waals surface area (Å²) in [6.07, 6.45) is 0. The van der Waals surface area contributed by atoms with Crippen molar-refractivity contribution in [3.05, 3.63) is 51.3 Å². The third-order valence-corrected chi connectivity index (χ3v) is 4.13. The summed E-state index contributed by atoms with van der Waals surface area (Å²) in [5.41, 5.74) is 0.389. The van der Waals surface area contributed by atoms with Crippen molar-refractivity contribution >= 4 is 35.1 Å². The van der Waals surface area contributed by atoms with E-state index < -0.39 is 30.0 Å². The van der Waals surface area contributed by atoms with E-state index in [9.17, 15) is 19.1 Å². The number of hydrogen-bond acceptors (Lipinski definition) is 4. The van der Waals surface area contributed by atoms with E-state index in [0.717, 1.165) is 6.07 Å². The molecule has 1 amide bonds. The van der Waals surface area contributed by atoms with E-state index in [1.165, 1.54) is 18.2 Å². The fourth-order valence-corrected chi connectivity index (χ4v) is 2.82. The Hall–Kier alpha value is -2.51. The minimum atomic E-state index is -1.20. The normalized spacial score (nSPS) is 10.7. The van der Waals surface area contributed by atoms with Gasteiger partial charge in [0.05, 0.1) is 10.0 Å². The summed E-state index contributed by atoms with van der Waals surface area (Å²) in [6.45, 7) is 3.00. The molecule has 0 aliphatic heterocycles. The lowest BCUT2D eigenvalue weighted by molar-refractivity contribution is -0.135. The smallest absolute Gasteiger partial charge is 0.322 e. The number of carbonyl (C=O) groups is 2. The van der Waals surface area contributed by atoms with Crippen LogP contribution in [0.15, 0.2) is 24.3 Å². The Morgan fingerprint density at radius 3 is 2.30 bits per heavy atom. The summed E-state index contributed by atoms with van der Waals surface area (Å²) in [7, 11) is 0. The fourth-order valence-electron chi connectivity index (χ4n) is 2.26. The van der Waals surface area contributed by atoms with E-state index in [0.29, 0.717) is 5.56 Å². The van der Waals surface area contributed by atoms with Crippen LogP contribution in [-0.4, -0.2) is 28.6 Å². The zero-order chi connectivity index (χ0) is 20.3. The van der Waals surface area contributed by atoms with E-state index in [2.05, 4.69) is 5.32 Å². The van der Waals surface area contributed by atoms with Crippen molar-refractivity contribution in [3.63, 3.8) is 0 Å². The number of phenols is 1. The molecule has 3 N–H and O–H groups in total. The molecule has 0 radical (unpaired) electrons. The number of rotatable bonds is 6. The highest BCUT2D eigenvalue weighted by Gasteiger charge is 2.18. The van der Waals surface area contributed by atoms with Gasteiger partial charge in [0.25, 0.3) is 5.91 Å². The predicted molar refractivity (Wildman–Crippen MR) is 98.7 cm³/mol. The van der Waals surface area contributed by atoms with Gasteiger partial charge >= 0.3 is 5.97 Å². The SMILES string of the molecule is CC(C)c1cc(Oc2c(Cl)cc(C(=O)NCC(=O)O)cc2Cl)cc(F)c1O. The molecule has 0 unspecified atom stereocenters. The average Bonchev–Trinajstić information content (AvgIpc) is 2.58. The lowest BCUT2D eigenvalue weighted by Gasteiger charge is -2.15. The summed E-state index contributed by atoms with van der Waals surface area (Å²) in [5.74, 6) is -3.28. The second-order valence-electron chi connectivity index (χ2n) is 5.95. The summed E-state index contributed by atoms with van der Waals surface area (Å²) >= 11 is 12.2. The lowest BCUT2D eigenvalue weighted by atomic mass is 10.0. The van der Waals surface area contributed by atoms with Crippen molar-refractivity contribution in [2.45, 2.75) is 19.8 Å². The second-order valence-corrected chi connectivity index (χ2v) is 6.76. The number of aliphatic carboxylic acids is 1. The van der Waals surface area contributed by atoms with Crippen LogP contribution in [0.3, 0.4) is 0 Å². The third kappa shape index (κ3) is 5.02. The van der Waals surface area contributed by atoms with Gasteiger partial charge in [-0.3, -0.25) is 9.59 Å². The van der Waals surface area contributed by atoms with Gasteiger partial charge < -0.3 is 20.3 Å². The van der Waals surface area contributed by atoms with Gasteiger partial charge in [-0.25, -0.2) is 4.39 Å². The highest BCUT2D eigenvalue weighted by Crippen LogP contribution is 2.40. The molecule has 0 fully saturated rings. The molecule has 6 nitrogen and oxygen atoms in total. The predicted octanol–water partition coefficient (Wildman–Crippen LogP) is 4.57. The monoisotopic (exact) mass is 415 g/mol. The van der Waals surface area contributed by atoms with Gasteiger partial charge in [-0.05, 0) is 24.1 Å². The highest BCUT2D eigenvalue weighted by molar-refractivity contribution is 6.37. The van der Waals surface area contributed by atoms with Gasteiger partial charge in [-0.1, -0.05) is 37.0 Å². The van der Waals surface area contributed by atoms with Crippen molar-refractivity contribution in [3.8, 4) is 17.2 Å². The van der Waals surface area contributed by atoms with Crippen LogP contribution in [0.5, 0.6) is 17.2 Å². The van der Waals surface area contributed by atoms with Crippen molar-refractivity contribution in [2.75, 3.05) is 6.54 Å². The van der Waals surface area contributed by atoms with Gasteiger partial charge in [-0.2, -0.15) is 0 Å². The molecule has 2 rings (SSSR count). The minimum Gasteiger partial charge on any atom is -0.505 e. The van der Waals surface area contributed by atoms with Crippen LogP contribution < -0.4 is 10.1 Å². The number of nitrogens with one attached hydrogen (secondary N) is 1. The van der Waals surface area contributed by atoms with E-state index in [1.54, 1.807) is 13.8 Å². The molecule has 27 heavy (non-hydrogen) atoms. The Bertz CT molecular complexity index is 879. The molecule has 2 aromatic rings. The lowest BCUT2D eigenvalue weighted by Crippen LogP contribution is -2.29. The number of halogens is 3. The van der Waals surface area contributed by atoms with Gasteiger partial charge in [-0.15, -0.1) is 0 Å². The van der Waals surface area contributed by atoms with E-state index in [-0.39, 0.29) is 33.0 Å². The number of aromatic hydroxyl groups is 1. The standard InChI is InChI=1S/C18H16Cl2FNO5/c1-8(2)11-5-10(6-14(21)16(11)25)27-17-12(19)3-9(4-13(17)20)18(26)22-7-15(23)24/h3-6,8,25H,7H2,1-2H3,(H,22,26)(H,23,24). The number of carbonyl (C=O) groups excluding carboxylic acids is 1. The number of amides is 1. The number of ether oxygens (including phenoxy) is 1. The summed E-state index contributed by atoms with van der Waals surface area (Å²) in [6, 6.07) is 4.95. The van der Waals surface area contributed by atoms with Crippen LogP contribution >= 0.6 is 23.2 Å². The maximum atomic E-state index is 13.9. The Morgan fingerprint density at radius 2 is 1.78 bits per heavy atom. The molecule has 0 saturated carbocycles. The number of carboxylic acids is 1. The molecule has 0 heterocycles. The van der Waals surface area contributed by atoms with Crippen LogP contribution in [0.4, 0.5) is 4.39 Å². The average molecular weight is 416 g/mol. The molecule has 0 saturated heterocycles. The van der Waals surface area contributed by atoms with E-state index in [1.807, 2.05) is 0 Å². The van der Waals surface area contributed by atoms with Crippen LogP contribution in [0.1, 0.15) is 35.7 Å². The number of phenolic OH excluding ortho intramolecular Hbond substituents is 1. The molecular formula is C18H16Cl2FNO5. The summed E-state index contributed by atoms with van der Waals surface area (Å²) in [5, 5.41) is 20.5. The maximum absolute atomic E-state index is 13.9. The van der Waals surface area contributed by atoms with E-state index >= 15 is 0 Å². The zero-order valence-electron chi connectivity index (χ0n) is 14.3. The fraction of sp³-hybridized carbons (Fsp3) is 0.222. The first kappa shape index (κ1) is 20.8. The molecule has 9 heteroatoms. The molecular weight excluding hydrogens is 400 g/mol. The Kier molecular flexibility index (Phi) is 6.51. The second kappa shape index (κ2) is 8.45. The molecule has 0 bridgehead atoms. The first-order valence-corrected chi connectivity index (χ1v) is 8.55. The Morgan fingerprint density at radius 1 is 1.19 bits per heavy atom. The molecule has 0 aliphatic carbocycles. The maximum Gasteiger partial charge on any atom is 0.322 e. The molecule has 2 aromatic carbocycles. The largest absolute Gasteiger partial charge is 0.505 e. The van der Waals surface area contributed by atoms with E-state index in [4.69, 9.17) is 33.0 Å². The Balaban J connectivity index is 2.33. The van der Waals surface area contributed by atoms with Crippen molar-refractivity contribution in [1.29, 1.82) is 0 Å². The van der Waals surface area contributed by atoms with Crippen molar-refractivity contribution < 1.29 is 28.9 Å². The van der Waals surface area contributed by atoms with Crippen LogP contribution in [0.2, 0.25) is 10.0 Å². The van der Waals surface area contributed by atoms with Gasteiger partial charge in [0.2, 0.25) is 0 Å². The van der Waals surface area contributed by atoms with Gasteiger partial charge in [0.15, 0.2) is 17.3 Å². The molecule has 0 spiro atoms. The molecule has 0 aliphatic rings. The summed E-state index contributed by atoms with van der Waals surface area (Å²) in [4.78, 5) is 22.4. The first-order chi connectivity index (χ1) is 12.6. The Labute approximate surface area is 164 Å². The molecule has 144 valence electrons. The minimum absolute atomic E-state index is 0.00656. The van der Waals surface area contributed by atoms with Gasteiger partial charge in [0, 0.05) is 17.2 Å². The number of carboxylic acid groups (broad SMARTS) is 1. The van der Waals surface area contributed by atoms with Crippen LogP contribution in [0, 0.1) is 5.82 Å². The van der Waals surface area contributed by atoms with Crippen LogP contribution in [0.25, 0.3) is 0 Å². The number of benzene rings is 2. The van der Waals surface area contributed by atoms with Crippen LogP contribution in [-0.2, 0) is 4.79 Å². The van der Waals surface area contributed by atoms with Gasteiger partial charge in [0.1, 0.15) is 12.3 Å². The third-order valence-electron chi connectivity index (χ3n) is 3.57. The van der Waals surface area contributed by atoms with Crippen molar-refractivity contribution in [1.82, 2.24) is 5.32 Å². The first-order valence-electron chi connectivity index (χ1n) is 7.79. The quantitative estimate of drug-likeness (QED) is 0.641. The van der Waals surface area contributed by atoms with Crippen molar-refractivity contribution in [2.24, 2.45) is 0 Å².